The fourth-order valence-corrected chi connectivity index (χ4v) is 11.5. The van der Waals surface area contributed by atoms with Crippen molar-refractivity contribution < 1.29 is 18.3 Å². The highest BCUT2D eigenvalue weighted by molar-refractivity contribution is 5.75. The summed E-state index contributed by atoms with van der Waals surface area (Å²) in [7, 11) is 8.44. The molecule has 12 aromatic rings. The van der Waals surface area contributed by atoms with Crippen molar-refractivity contribution in [2.45, 2.75) is 81.6 Å². The molecule has 0 fully saturated rings. The van der Waals surface area contributed by atoms with Crippen LogP contribution in [0.5, 0.6) is 0 Å². The third-order valence-electron chi connectivity index (χ3n) is 16.9. The van der Waals surface area contributed by atoms with Crippen LogP contribution in [0.3, 0.4) is 0 Å². The van der Waals surface area contributed by atoms with Crippen molar-refractivity contribution >= 4 is 0 Å². The fraction of sp³-hybridized carbons (Fsp3) is 0.190. The largest absolute Gasteiger partial charge is 0.212 e. The molecule has 0 saturated carbocycles. The maximum atomic E-state index is 2.31. The normalized spacial score (nSPS) is 10.8. The minimum atomic E-state index is 0.541. The predicted octanol–water partition coefficient (Wildman–Crippen LogP) is 19.2. The van der Waals surface area contributed by atoms with Crippen LogP contribution in [0.25, 0.3) is 89.5 Å². The quantitative estimate of drug-likeness (QED) is 0.121. The highest BCUT2D eigenvalue weighted by atomic mass is 14.9. The molecule has 4 heterocycles. The minimum Gasteiger partial charge on any atom is -0.201 e. The molecule has 8 aromatic carbocycles. The summed E-state index contributed by atoms with van der Waals surface area (Å²) in [6.07, 6.45) is 9.70. The molecule has 88 heavy (non-hydrogen) atoms. The van der Waals surface area contributed by atoms with Gasteiger partial charge in [0.2, 0.25) is 22.8 Å². The lowest BCUT2D eigenvalue weighted by atomic mass is 9.96. The van der Waals surface area contributed by atoms with Gasteiger partial charge in [0.25, 0.3) is 0 Å². The van der Waals surface area contributed by atoms with Gasteiger partial charge in [-0.05, 0) is 174 Å². The van der Waals surface area contributed by atoms with Gasteiger partial charge in [0.15, 0.2) is 24.8 Å². The van der Waals surface area contributed by atoms with Crippen LogP contribution in [0.1, 0.15) is 76.8 Å². The average molecular weight is 1150 g/mol. The van der Waals surface area contributed by atoms with Crippen LogP contribution < -0.4 is 18.3 Å². The first-order valence-corrected chi connectivity index (χ1v) is 31.0. The van der Waals surface area contributed by atoms with E-state index >= 15 is 0 Å². The number of aromatic nitrogens is 4. The highest BCUT2D eigenvalue weighted by Gasteiger charge is 2.19. The molecule has 0 aliphatic heterocycles. The Kier molecular flexibility index (Phi) is 20.8. The second-order valence-corrected chi connectivity index (χ2v) is 23.9. The Morgan fingerprint density at radius 1 is 0.284 bits per heavy atom. The molecule has 0 unspecified atom stereocenters. The van der Waals surface area contributed by atoms with Crippen LogP contribution >= 0.6 is 0 Å². The number of rotatable bonds is 10. The lowest BCUT2D eigenvalue weighted by Crippen LogP contribution is -2.31. The van der Waals surface area contributed by atoms with E-state index in [2.05, 4.69) is 377 Å². The van der Waals surface area contributed by atoms with Crippen LogP contribution in [0.4, 0.5) is 0 Å². The summed E-state index contributed by atoms with van der Waals surface area (Å²) in [6.45, 7) is 21.9. The first kappa shape index (κ1) is 62.9. The van der Waals surface area contributed by atoms with E-state index in [4.69, 9.17) is 0 Å². The molecule has 0 radical (unpaired) electrons. The maximum Gasteiger partial charge on any atom is 0.212 e. The van der Waals surface area contributed by atoms with Gasteiger partial charge in [-0.1, -0.05) is 191 Å². The zero-order chi connectivity index (χ0) is 62.4. The van der Waals surface area contributed by atoms with Crippen LogP contribution in [0, 0.1) is 48.5 Å². The first-order valence-electron chi connectivity index (χ1n) is 31.0. The van der Waals surface area contributed by atoms with Crippen molar-refractivity contribution in [3.8, 4) is 89.5 Å². The van der Waals surface area contributed by atoms with E-state index in [0.29, 0.717) is 5.92 Å². The van der Waals surface area contributed by atoms with E-state index in [0.717, 1.165) is 6.42 Å². The average Bonchev–Trinajstić information content (AvgIpc) is 2.62. The van der Waals surface area contributed by atoms with E-state index in [9.17, 15) is 0 Å². The van der Waals surface area contributed by atoms with Gasteiger partial charge < -0.3 is 0 Å². The summed E-state index contributed by atoms with van der Waals surface area (Å²) in [5.41, 5.74) is 32.3. The van der Waals surface area contributed by atoms with Gasteiger partial charge in [0, 0.05) is 70.3 Å². The van der Waals surface area contributed by atoms with Crippen LogP contribution in [0.15, 0.2) is 261 Å². The monoisotopic (exact) mass is 1150 g/mol. The van der Waals surface area contributed by atoms with Gasteiger partial charge in [-0.2, -0.15) is 0 Å². The molecular weight excluding hydrogens is 1060 g/mol. The minimum absolute atomic E-state index is 0.541. The van der Waals surface area contributed by atoms with E-state index in [1.165, 1.54) is 140 Å². The van der Waals surface area contributed by atoms with E-state index < -0.39 is 0 Å². The van der Waals surface area contributed by atoms with Gasteiger partial charge in [0.1, 0.15) is 28.2 Å². The molecular formula is C84H88N4+4. The summed E-state index contributed by atoms with van der Waals surface area (Å²) in [5, 5.41) is 0. The predicted molar refractivity (Wildman–Crippen MR) is 371 cm³/mol. The third kappa shape index (κ3) is 15.5. The smallest absolute Gasteiger partial charge is 0.201 e. The van der Waals surface area contributed by atoms with Gasteiger partial charge in [-0.3, -0.25) is 0 Å². The molecule has 12 rings (SSSR count). The maximum absolute atomic E-state index is 2.31. The molecule has 0 N–H and O–H groups in total. The second kappa shape index (κ2) is 29.2. The van der Waals surface area contributed by atoms with Crippen LogP contribution in [0.2, 0.25) is 0 Å². The summed E-state index contributed by atoms with van der Waals surface area (Å²) >= 11 is 0. The Morgan fingerprint density at radius 2 is 0.614 bits per heavy atom. The number of hydrogen-bond acceptors (Lipinski definition) is 0. The summed E-state index contributed by atoms with van der Waals surface area (Å²) in [4.78, 5) is 0. The van der Waals surface area contributed by atoms with E-state index in [1.807, 2.05) is 0 Å². The lowest BCUT2D eigenvalue weighted by molar-refractivity contribution is -0.660. The molecule has 4 heteroatoms. The van der Waals surface area contributed by atoms with Gasteiger partial charge in [0.05, 0.1) is 0 Å². The van der Waals surface area contributed by atoms with Crippen molar-refractivity contribution in [1.29, 1.82) is 0 Å². The van der Waals surface area contributed by atoms with Crippen molar-refractivity contribution in [3.63, 3.8) is 0 Å². The van der Waals surface area contributed by atoms with Crippen LogP contribution in [-0.4, -0.2) is 0 Å². The Labute approximate surface area is 526 Å². The zero-order valence-electron chi connectivity index (χ0n) is 54.4. The number of pyridine rings is 4. The molecule has 440 valence electrons. The first-order chi connectivity index (χ1) is 42.5. The van der Waals surface area contributed by atoms with Crippen LogP contribution in [-0.2, 0) is 34.6 Å². The lowest BCUT2D eigenvalue weighted by Gasteiger charge is -2.10. The van der Waals surface area contributed by atoms with Gasteiger partial charge in [-0.25, -0.2) is 18.3 Å². The zero-order valence-corrected chi connectivity index (χ0v) is 54.4. The SMILES string of the molecule is CCc1cc[n+](C)c(-c2ccc(-c3ccccc3)cc2C)c1.Cc1cc(-c2ccc(-c3ccccc3)cc2C)[n+](C)cc1C.Cc1cc(-c2ccccc2)ccc1-c1cc(C(C)C)cc[n+]1C.Cc1cc[n+](C)c(-c2ccc(-c3ccccc3)cc2C)c1. The van der Waals surface area contributed by atoms with E-state index in [1.54, 1.807) is 0 Å². The van der Waals surface area contributed by atoms with Gasteiger partial charge >= 0.3 is 0 Å². The van der Waals surface area contributed by atoms with Crippen molar-refractivity contribution in [1.82, 2.24) is 0 Å². The van der Waals surface area contributed by atoms with Gasteiger partial charge in [-0.15, -0.1) is 0 Å². The van der Waals surface area contributed by atoms with Crippen molar-refractivity contribution in [2.24, 2.45) is 28.2 Å². The molecule has 0 atom stereocenters. The molecule has 0 aliphatic carbocycles. The summed E-state index contributed by atoms with van der Waals surface area (Å²) in [6, 6.07) is 84.8. The second-order valence-electron chi connectivity index (χ2n) is 23.9. The molecule has 0 amide bonds. The Hall–Kier alpha value is -9.64. The Balaban J connectivity index is 0.000000140. The standard InChI is InChI=1S/C22H24N.2C21H22N.C20H20N/c1-16(2)19-12-13-23(4)22(15-19)21-11-10-20(14-17(21)3)18-8-6-5-7-9-18;1-15-13-21(22(4)14-17(15)3)20-11-10-19(12-16(20)2)18-8-6-5-7-9-18;1-4-17-12-13-22(3)21(15-17)20-11-10-19(14-16(20)2)18-8-6-5-7-9-18;1-15-11-12-21(3)20(13-15)19-10-9-18(14-16(19)2)17-7-5-4-6-8-17/h5-16H,1-4H3;5-14H,1-4H3;5-15H,4H2,1-3H3;4-14H,1-3H3/q4*+1. The Morgan fingerprint density at radius 3 is 0.966 bits per heavy atom. The summed E-state index contributed by atoms with van der Waals surface area (Å²) < 4.78 is 8.80. The highest BCUT2D eigenvalue weighted by Crippen LogP contribution is 2.32. The number of hydrogen-bond donors (Lipinski definition) is 0. The van der Waals surface area contributed by atoms with Crippen molar-refractivity contribution in [2.75, 3.05) is 0 Å². The topological polar surface area (TPSA) is 15.5 Å². The number of aryl methyl sites for hydroxylation is 12. The molecule has 0 bridgehead atoms. The molecule has 4 nitrogen and oxygen atoms in total. The van der Waals surface area contributed by atoms with E-state index in [-0.39, 0.29) is 0 Å². The Bertz CT molecular complexity index is 4310. The fourth-order valence-electron chi connectivity index (χ4n) is 11.5. The third-order valence-corrected chi connectivity index (χ3v) is 16.9. The molecule has 4 aromatic heterocycles. The van der Waals surface area contributed by atoms with Crippen molar-refractivity contribution in [3.05, 3.63) is 311 Å². The summed E-state index contributed by atoms with van der Waals surface area (Å²) in [5.74, 6) is 0.541. The number of nitrogens with zero attached hydrogens (tertiary/aromatic N) is 4. The molecule has 0 saturated heterocycles. The molecule has 0 spiro atoms. The number of benzene rings is 8. The molecule has 0 aliphatic rings.